The lowest BCUT2D eigenvalue weighted by Crippen LogP contribution is -2.43. The summed E-state index contributed by atoms with van der Waals surface area (Å²) in [6, 6.07) is 0. The number of rotatable bonds is 3. The van der Waals surface area contributed by atoms with Gasteiger partial charge in [0.25, 0.3) is 0 Å². The molecule has 0 bridgehead atoms. The number of hydrogen-bond acceptors (Lipinski definition) is 4. The van der Waals surface area contributed by atoms with E-state index in [4.69, 9.17) is 22.1 Å². The van der Waals surface area contributed by atoms with Crippen molar-refractivity contribution in [2.45, 2.75) is 0 Å². The smallest absolute Gasteiger partial charge is 0.324 e. The second-order valence-corrected chi connectivity index (χ2v) is 1.67. The van der Waals surface area contributed by atoms with Gasteiger partial charge in [0.05, 0.1) is 6.54 Å². The number of carboxylic acids is 1. The van der Waals surface area contributed by atoms with Gasteiger partial charge in [-0.15, -0.1) is 0 Å². The predicted octanol–water partition coefficient (Wildman–Crippen LogP) is -1.82. The standard InChI is InChI=1S/C4H10N4O2/c5-1-3(6)8(7)2-4(9)10/h6H,1-2,5,7H2,(H,9,10). The van der Waals surface area contributed by atoms with Crippen LogP contribution in [-0.2, 0) is 4.79 Å². The summed E-state index contributed by atoms with van der Waals surface area (Å²) in [4.78, 5) is 9.97. The highest BCUT2D eigenvalue weighted by atomic mass is 16.4. The molecule has 0 aromatic carbocycles. The Hall–Kier alpha value is -1.14. The minimum absolute atomic E-state index is 0.0518. The monoisotopic (exact) mass is 146 g/mol. The zero-order valence-corrected chi connectivity index (χ0v) is 5.37. The summed E-state index contributed by atoms with van der Waals surface area (Å²) in [5.74, 6) is 3.90. The Balaban J connectivity index is 3.72. The van der Waals surface area contributed by atoms with Crippen molar-refractivity contribution in [2.24, 2.45) is 11.6 Å². The fourth-order valence-electron chi connectivity index (χ4n) is 0.358. The van der Waals surface area contributed by atoms with Gasteiger partial charge in [0.2, 0.25) is 0 Å². The van der Waals surface area contributed by atoms with Gasteiger partial charge < -0.3 is 10.8 Å². The molecule has 0 saturated heterocycles. The second-order valence-electron chi connectivity index (χ2n) is 1.67. The minimum atomic E-state index is -1.08. The summed E-state index contributed by atoms with van der Waals surface area (Å²) in [5, 5.41) is 15.9. The van der Waals surface area contributed by atoms with E-state index in [1.54, 1.807) is 0 Å². The number of carbonyl (C=O) groups is 1. The molecule has 0 spiro atoms. The lowest BCUT2D eigenvalue weighted by molar-refractivity contribution is -0.137. The molecule has 6 nitrogen and oxygen atoms in total. The van der Waals surface area contributed by atoms with Gasteiger partial charge in [-0.05, 0) is 0 Å². The summed E-state index contributed by atoms with van der Waals surface area (Å²) < 4.78 is 0. The van der Waals surface area contributed by atoms with Crippen LogP contribution in [0.5, 0.6) is 0 Å². The van der Waals surface area contributed by atoms with Gasteiger partial charge in [0, 0.05) is 0 Å². The average molecular weight is 146 g/mol. The summed E-state index contributed by atoms with van der Waals surface area (Å²) in [6.07, 6.45) is 0. The summed E-state index contributed by atoms with van der Waals surface area (Å²) in [6.45, 7) is -0.445. The first-order valence-corrected chi connectivity index (χ1v) is 2.59. The van der Waals surface area contributed by atoms with E-state index < -0.39 is 12.5 Å². The molecule has 0 fully saturated rings. The quantitative estimate of drug-likeness (QED) is 0.162. The molecule has 6 heteroatoms. The molecule has 0 amide bonds. The molecule has 0 aromatic heterocycles. The third kappa shape index (κ3) is 3.00. The molecule has 58 valence electrons. The Bertz CT molecular complexity index is 146. The molecule has 6 N–H and O–H groups in total. The Labute approximate surface area is 57.9 Å². The summed E-state index contributed by atoms with van der Waals surface area (Å²) >= 11 is 0. The topological polar surface area (TPSA) is 116 Å². The van der Waals surface area contributed by atoms with Gasteiger partial charge >= 0.3 is 5.97 Å². The highest BCUT2D eigenvalue weighted by Gasteiger charge is 2.06. The van der Waals surface area contributed by atoms with Crippen LogP contribution in [0.15, 0.2) is 0 Å². The number of nitrogens with two attached hydrogens (primary N) is 2. The van der Waals surface area contributed by atoms with Crippen molar-refractivity contribution in [3.8, 4) is 0 Å². The molecule has 0 aromatic rings. The van der Waals surface area contributed by atoms with Crippen molar-refractivity contribution in [1.82, 2.24) is 5.01 Å². The number of nitrogens with zero attached hydrogens (tertiary/aromatic N) is 1. The maximum atomic E-state index is 9.97. The van der Waals surface area contributed by atoms with Crippen LogP contribution in [0.3, 0.4) is 0 Å². The molecule has 0 aliphatic rings. The molecule has 0 saturated carbocycles. The van der Waals surface area contributed by atoms with Crippen LogP contribution in [0, 0.1) is 5.41 Å². The SMILES string of the molecule is N=C(CN)N(N)CC(=O)O. The van der Waals surface area contributed by atoms with Crippen LogP contribution in [-0.4, -0.2) is 35.0 Å². The highest BCUT2D eigenvalue weighted by Crippen LogP contribution is 1.77. The fraction of sp³-hybridized carbons (Fsp3) is 0.500. The van der Waals surface area contributed by atoms with E-state index in [0.717, 1.165) is 5.01 Å². The molecule has 0 aliphatic carbocycles. The first-order chi connectivity index (χ1) is 4.57. The van der Waals surface area contributed by atoms with Crippen molar-refractivity contribution in [1.29, 1.82) is 5.41 Å². The van der Waals surface area contributed by atoms with Crippen LogP contribution in [0.1, 0.15) is 0 Å². The molecule has 0 rings (SSSR count). The molecular formula is C4H10N4O2. The van der Waals surface area contributed by atoms with Crippen molar-refractivity contribution in [3.05, 3.63) is 0 Å². The Morgan fingerprint density at radius 2 is 2.20 bits per heavy atom. The van der Waals surface area contributed by atoms with Gasteiger partial charge in [-0.3, -0.25) is 15.2 Å². The molecule has 0 aliphatic heterocycles. The van der Waals surface area contributed by atoms with E-state index in [9.17, 15) is 4.79 Å². The van der Waals surface area contributed by atoms with Crippen LogP contribution in [0.4, 0.5) is 0 Å². The van der Waals surface area contributed by atoms with E-state index in [1.807, 2.05) is 0 Å². The first-order valence-electron chi connectivity index (χ1n) is 2.59. The Morgan fingerprint density at radius 3 is 2.50 bits per heavy atom. The van der Waals surface area contributed by atoms with Crippen LogP contribution >= 0.6 is 0 Å². The van der Waals surface area contributed by atoms with E-state index in [2.05, 4.69) is 0 Å². The van der Waals surface area contributed by atoms with Crippen molar-refractivity contribution < 1.29 is 9.90 Å². The molecule has 0 heterocycles. The van der Waals surface area contributed by atoms with Gasteiger partial charge in [-0.1, -0.05) is 0 Å². The zero-order chi connectivity index (χ0) is 8.15. The number of hydrazine groups is 1. The zero-order valence-electron chi connectivity index (χ0n) is 5.37. The van der Waals surface area contributed by atoms with Gasteiger partial charge in [0.15, 0.2) is 0 Å². The third-order valence-electron chi connectivity index (χ3n) is 0.846. The molecule has 0 atom stereocenters. The van der Waals surface area contributed by atoms with E-state index >= 15 is 0 Å². The van der Waals surface area contributed by atoms with Gasteiger partial charge in [0.1, 0.15) is 12.4 Å². The number of nitrogens with one attached hydrogen (secondary N) is 1. The van der Waals surface area contributed by atoms with Gasteiger partial charge in [-0.2, -0.15) is 0 Å². The second kappa shape index (κ2) is 3.80. The molecule has 10 heavy (non-hydrogen) atoms. The van der Waals surface area contributed by atoms with Crippen LogP contribution in [0.2, 0.25) is 0 Å². The highest BCUT2D eigenvalue weighted by molar-refractivity contribution is 5.84. The largest absolute Gasteiger partial charge is 0.480 e. The lowest BCUT2D eigenvalue weighted by Gasteiger charge is -2.14. The lowest BCUT2D eigenvalue weighted by atomic mass is 10.5. The van der Waals surface area contributed by atoms with Crippen molar-refractivity contribution in [2.75, 3.05) is 13.1 Å². The number of hydrogen-bond donors (Lipinski definition) is 4. The number of aliphatic carboxylic acids is 1. The van der Waals surface area contributed by atoms with E-state index in [0.29, 0.717) is 0 Å². The molecular weight excluding hydrogens is 136 g/mol. The Kier molecular flexibility index (Phi) is 3.37. The van der Waals surface area contributed by atoms with E-state index in [-0.39, 0.29) is 12.4 Å². The maximum absolute atomic E-state index is 9.97. The van der Waals surface area contributed by atoms with E-state index in [1.165, 1.54) is 0 Å². The fourth-order valence-corrected chi connectivity index (χ4v) is 0.358. The van der Waals surface area contributed by atoms with Crippen molar-refractivity contribution >= 4 is 11.8 Å². The van der Waals surface area contributed by atoms with Gasteiger partial charge in [-0.25, -0.2) is 5.84 Å². The molecule has 0 radical (unpaired) electrons. The minimum Gasteiger partial charge on any atom is -0.480 e. The normalized spacial score (nSPS) is 9.00. The number of amidine groups is 1. The summed E-state index contributed by atoms with van der Waals surface area (Å²) in [5.41, 5.74) is 5.01. The number of carboxylic acid groups (broad SMARTS) is 1. The van der Waals surface area contributed by atoms with Crippen LogP contribution in [0.25, 0.3) is 0 Å². The van der Waals surface area contributed by atoms with Crippen LogP contribution < -0.4 is 11.6 Å². The predicted molar refractivity (Wildman–Crippen MR) is 35.3 cm³/mol. The van der Waals surface area contributed by atoms with Crippen molar-refractivity contribution in [3.63, 3.8) is 0 Å². The summed E-state index contributed by atoms with van der Waals surface area (Å²) in [7, 11) is 0. The third-order valence-corrected chi connectivity index (χ3v) is 0.846. The maximum Gasteiger partial charge on any atom is 0.324 e. The average Bonchev–Trinajstić information content (AvgIpc) is 1.85. The molecule has 0 unspecified atom stereocenters. The first kappa shape index (κ1) is 8.86. The Morgan fingerprint density at radius 1 is 1.70 bits per heavy atom.